The Bertz CT molecular complexity index is 617. The summed E-state index contributed by atoms with van der Waals surface area (Å²) in [5.74, 6) is -2.02. The van der Waals surface area contributed by atoms with Gasteiger partial charge in [-0.2, -0.15) is 0 Å². The lowest BCUT2D eigenvalue weighted by molar-refractivity contribution is -0.133. The van der Waals surface area contributed by atoms with Crippen molar-refractivity contribution in [2.24, 2.45) is 17.2 Å². The fourth-order valence-corrected chi connectivity index (χ4v) is 2.51. The Morgan fingerprint density at radius 2 is 1.45 bits per heavy atom. The van der Waals surface area contributed by atoms with Crippen molar-refractivity contribution in [1.82, 2.24) is 26.6 Å². The Hall–Kier alpha value is -3.13. The molecule has 0 saturated heterocycles. The molecule has 0 rings (SSSR count). The Morgan fingerprint density at radius 1 is 0.871 bits per heavy atom. The van der Waals surface area contributed by atoms with Crippen LogP contribution in [0.25, 0.3) is 0 Å². The third kappa shape index (κ3) is 12.9. The molecule has 0 aliphatic rings. The molecule has 5 amide bonds. The predicted molar refractivity (Wildman–Crippen MR) is 114 cm³/mol. The molecule has 0 fully saturated rings. The van der Waals surface area contributed by atoms with E-state index in [1.807, 2.05) is 0 Å². The molecule has 3 atom stereocenters. The van der Waals surface area contributed by atoms with Crippen molar-refractivity contribution in [3.8, 4) is 0 Å². The van der Waals surface area contributed by atoms with Gasteiger partial charge in [-0.3, -0.25) is 19.8 Å². The van der Waals surface area contributed by atoms with Crippen LogP contribution in [-0.2, 0) is 14.4 Å². The molecule has 0 aromatic heterocycles. The molecule has 0 spiro atoms. The molecule has 178 valence electrons. The molecule has 0 bridgehead atoms. The fraction of sp³-hybridized carbons (Fsp3) is 0.706. The van der Waals surface area contributed by atoms with Gasteiger partial charge in [0.1, 0.15) is 12.1 Å². The molecular formula is C17H35N9O5. The van der Waals surface area contributed by atoms with Gasteiger partial charge in [0.25, 0.3) is 0 Å². The smallest absolute Gasteiger partial charge is 0.312 e. The van der Waals surface area contributed by atoms with Gasteiger partial charge in [0, 0.05) is 19.6 Å². The maximum Gasteiger partial charge on any atom is 0.312 e. The van der Waals surface area contributed by atoms with Gasteiger partial charge in [-0.05, 0) is 32.6 Å². The second kappa shape index (κ2) is 15.7. The SMILES string of the molecule is CCNC(=O)[C@H](CCCNC(N)=O)NC(=O)[C@H](CO)NC(=O)[C@@H](N)CCCNC(=N)N. The predicted octanol–water partition coefficient (Wildman–Crippen LogP) is -3.88. The van der Waals surface area contributed by atoms with Crippen molar-refractivity contribution in [2.75, 3.05) is 26.2 Å². The maximum atomic E-state index is 12.5. The lowest BCUT2D eigenvalue weighted by Gasteiger charge is -2.23. The first-order chi connectivity index (χ1) is 14.6. The van der Waals surface area contributed by atoms with Gasteiger partial charge in [-0.25, -0.2) is 4.79 Å². The highest BCUT2D eigenvalue weighted by molar-refractivity contribution is 5.93. The van der Waals surface area contributed by atoms with E-state index in [2.05, 4.69) is 26.6 Å². The molecule has 0 heterocycles. The first kappa shape index (κ1) is 27.9. The summed E-state index contributed by atoms with van der Waals surface area (Å²) < 4.78 is 0. The van der Waals surface area contributed by atoms with Crippen LogP contribution < -0.4 is 43.8 Å². The number of primary amides is 1. The van der Waals surface area contributed by atoms with E-state index in [9.17, 15) is 24.3 Å². The quantitative estimate of drug-likeness (QED) is 0.0676. The third-order valence-electron chi connectivity index (χ3n) is 4.11. The van der Waals surface area contributed by atoms with Crippen LogP contribution in [0.2, 0.25) is 0 Å². The summed E-state index contributed by atoms with van der Waals surface area (Å²) in [5, 5.41) is 29.0. The number of nitrogens with one attached hydrogen (secondary N) is 6. The van der Waals surface area contributed by atoms with Crippen molar-refractivity contribution in [1.29, 1.82) is 5.41 Å². The average molecular weight is 446 g/mol. The Kier molecular flexibility index (Phi) is 14.1. The monoisotopic (exact) mass is 445 g/mol. The van der Waals surface area contributed by atoms with Crippen LogP contribution in [-0.4, -0.2) is 79.2 Å². The number of rotatable bonds is 15. The average Bonchev–Trinajstić information content (AvgIpc) is 2.70. The lowest BCUT2D eigenvalue weighted by Crippen LogP contribution is -2.57. The second-order valence-electron chi connectivity index (χ2n) is 6.72. The van der Waals surface area contributed by atoms with Crippen LogP contribution in [0.1, 0.15) is 32.6 Å². The first-order valence-corrected chi connectivity index (χ1v) is 9.98. The van der Waals surface area contributed by atoms with Crippen molar-refractivity contribution in [2.45, 2.75) is 50.7 Å². The number of amides is 5. The van der Waals surface area contributed by atoms with Gasteiger partial charge in [0.05, 0.1) is 12.6 Å². The van der Waals surface area contributed by atoms with Crippen molar-refractivity contribution >= 4 is 29.7 Å². The number of urea groups is 1. The lowest BCUT2D eigenvalue weighted by atomic mass is 10.1. The largest absolute Gasteiger partial charge is 0.394 e. The maximum absolute atomic E-state index is 12.5. The number of nitrogens with two attached hydrogens (primary N) is 3. The van der Waals surface area contributed by atoms with E-state index in [1.165, 1.54) is 0 Å². The van der Waals surface area contributed by atoms with Gasteiger partial charge in [0.15, 0.2) is 5.96 Å². The minimum atomic E-state index is -1.30. The highest BCUT2D eigenvalue weighted by Crippen LogP contribution is 2.00. The third-order valence-corrected chi connectivity index (χ3v) is 4.11. The molecule has 0 radical (unpaired) electrons. The van der Waals surface area contributed by atoms with Gasteiger partial charge in [0.2, 0.25) is 17.7 Å². The summed E-state index contributed by atoms with van der Waals surface area (Å²) in [7, 11) is 0. The van der Waals surface area contributed by atoms with Crippen LogP contribution in [0.15, 0.2) is 0 Å². The molecule has 31 heavy (non-hydrogen) atoms. The van der Waals surface area contributed by atoms with Gasteiger partial charge in [-0.1, -0.05) is 0 Å². The van der Waals surface area contributed by atoms with Crippen LogP contribution >= 0.6 is 0 Å². The summed E-state index contributed by atoms with van der Waals surface area (Å²) in [6.45, 7) is 1.95. The van der Waals surface area contributed by atoms with Gasteiger partial charge in [-0.15, -0.1) is 0 Å². The number of hydrogen-bond acceptors (Lipinski definition) is 7. The Morgan fingerprint density at radius 3 is 2.00 bits per heavy atom. The topological polar surface area (TPSA) is 251 Å². The normalized spacial score (nSPS) is 13.3. The number of guanidine groups is 1. The van der Waals surface area contributed by atoms with Crippen LogP contribution in [0, 0.1) is 5.41 Å². The molecule has 0 aromatic rings. The highest BCUT2D eigenvalue weighted by Gasteiger charge is 2.27. The van der Waals surface area contributed by atoms with Crippen LogP contribution in [0.4, 0.5) is 4.79 Å². The Balaban J connectivity index is 4.75. The fourth-order valence-electron chi connectivity index (χ4n) is 2.51. The van der Waals surface area contributed by atoms with E-state index >= 15 is 0 Å². The van der Waals surface area contributed by atoms with E-state index < -0.39 is 48.5 Å². The summed E-state index contributed by atoms with van der Waals surface area (Å²) in [6, 6.07) is -3.86. The molecule has 13 N–H and O–H groups in total. The number of hydrogen-bond donors (Lipinski definition) is 10. The summed E-state index contributed by atoms with van der Waals surface area (Å²) in [5.41, 5.74) is 15.9. The van der Waals surface area contributed by atoms with Crippen LogP contribution in [0.5, 0.6) is 0 Å². The number of aliphatic hydroxyl groups is 1. The number of carbonyl (C=O) groups excluding carboxylic acids is 4. The van der Waals surface area contributed by atoms with Crippen molar-refractivity contribution in [3.63, 3.8) is 0 Å². The van der Waals surface area contributed by atoms with E-state index in [0.717, 1.165) is 0 Å². The number of aliphatic hydroxyl groups excluding tert-OH is 1. The Labute approximate surface area is 180 Å². The number of likely N-dealkylation sites (N-methyl/N-ethyl adjacent to an activating group) is 1. The number of carbonyl (C=O) groups is 4. The van der Waals surface area contributed by atoms with E-state index in [-0.39, 0.29) is 25.3 Å². The van der Waals surface area contributed by atoms with Crippen molar-refractivity contribution < 1.29 is 24.3 Å². The minimum Gasteiger partial charge on any atom is -0.394 e. The molecule has 14 nitrogen and oxygen atoms in total. The minimum absolute atomic E-state index is 0.192. The molecule has 14 heteroatoms. The molecule has 0 aliphatic carbocycles. The van der Waals surface area contributed by atoms with Crippen molar-refractivity contribution in [3.05, 3.63) is 0 Å². The van der Waals surface area contributed by atoms with E-state index in [1.54, 1.807) is 6.92 Å². The van der Waals surface area contributed by atoms with E-state index in [4.69, 9.17) is 22.6 Å². The first-order valence-electron chi connectivity index (χ1n) is 9.98. The van der Waals surface area contributed by atoms with Crippen LogP contribution in [0.3, 0.4) is 0 Å². The van der Waals surface area contributed by atoms with Gasteiger partial charge < -0.3 is 48.9 Å². The molecule has 0 aliphatic heterocycles. The second-order valence-corrected chi connectivity index (χ2v) is 6.72. The summed E-state index contributed by atoms with van der Waals surface area (Å²) >= 11 is 0. The van der Waals surface area contributed by atoms with Gasteiger partial charge >= 0.3 is 6.03 Å². The summed E-state index contributed by atoms with van der Waals surface area (Å²) in [4.78, 5) is 47.6. The standard InChI is InChI=1S/C17H35N9O5/c1-2-22-14(29)11(6-4-8-24-17(21)31)25-15(30)12(9-27)26-13(28)10(18)5-3-7-23-16(19)20/h10-12,27H,2-9,18H2,1H3,(H,22,29)(H,25,30)(H,26,28)(H4,19,20,23)(H3,21,24,31)/t10-,11-,12-/m0/s1. The zero-order valence-electron chi connectivity index (χ0n) is 17.7. The molecule has 0 aromatic carbocycles. The molecule has 0 unspecified atom stereocenters. The molecule has 0 saturated carbocycles. The molecular weight excluding hydrogens is 410 g/mol. The highest BCUT2D eigenvalue weighted by atomic mass is 16.3. The zero-order valence-corrected chi connectivity index (χ0v) is 17.7. The zero-order chi connectivity index (χ0) is 23.8. The summed E-state index contributed by atoms with van der Waals surface area (Å²) in [6.07, 6.45) is 1.29. The van der Waals surface area contributed by atoms with E-state index in [0.29, 0.717) is 25.9 Å².